The minimum Gasteiger partial charge on any atom is -0.497 e. The van der Waals surface area contributed by atoms with Crippen molar-refractivity contribution in [2.24, 2.45) is 5.73 Å². The number of alkyl halides is 2. The Morgan fingerprint density at radius 3 is 2.47 bits per heavy atom. The van der Waals surface area contributed by atoms with E-state index in [2.05, 4.69) is 0 Å². The normalized spacial score (nSPS) is 12.8. The van der Waals surface area contributed by atoms with Gasteiger partial charge in [-0.1, -0.05) is 6.07 Å². The van der Waals surface area contributed by atoms with Crippen LogP contribution < -0.4 is 10.5 Å². The summed E-state index contributed by atoms with van der Waals surface area (Å²) in [5, 5.41) is 8.56. The first-order chi connectivity index (χ1) is 7.42. The lowest BCUT2D eigenvalue weighted by Crippen LogP contribution is -2.36. The van der Waals surface area contributed by atoms with Gasteiger partial charge in [-0.05, 0) is 30.2 Å². The number of halogens is 3. The van der Waals surface area contributed by atoms with Crippen LogP contribution in [0.1, 0.15) is 17.2 Å². The van der Waals surface area contributed by atoms with Gasteiger partial charge in [0.1, 0.15) is 12.4 Å². The molecule has 6 heteroatoms. The summed E-state index contributed by atoms with van der Waals surface area (Å²) in [6, 6.07) is 3.17. The average Bonchev–Trinajstić information content (AvgIpc) is 2.28. The maximum atomic E-state index is 13.2. The van der Waals surface area contributed by atoms with Crippen molar-refractivity contribution >= 4 is 12.4 Å². The summed E-state index contributed by atoms with van der Waals surface area (Å²) in [6.07, 6.45) is 0. The number of hydrogen-bond donors (Lipinski definition) is 2. The molecule has 0 aromatic heterocycles. The maximum Gasteiger partial charge on any atom is 0.289 e. The largest absolute Gasteiger partial charge is 0.497 e. The number of methoxy groups -OCH3 is 1. The zero-order chi connectivity index (χ0) is 12.3. The zero-order valence-corrected chi connectivity index (χ0v) is 10.4. The van der Waals surface area contributed by atoms with Crippen molar-refractivity contribution in [3.8, 4) is 5.75 Å². The van der Waals surface area contributed by atoms with Crippen LogP contribution in [0.3, 0.4) is 0 Å². The standard InChI is InChI=1S/C11H15F2NO2.ClH/c1-7-5-8(16-2)3-4-9(7)10(14)11(12,13)6-15;/h3-5,10,15H,6,14H2,1-2H3;1H/t10-;/m1./s1. The van der Waals surface area contributed by atoms with Crippen LogP contribution >= 0.6 is 12.4 Å². The molecular formula is C11H16ClF2NO2. The molecule has 0 aliphatic carbocycles. The molecule has 98 valence electrons. The Labute approximate surface area is 105 Å². The summed E-state index contributed by atoms with van der Waals surface area (Å²) < 4.78 is 31.3. The summed E-state index contributed by atoms with van der Waals surface area (Å²) in [4.78, 5) is 0. The van der Waals surface area contributed by atoms with Crippen molar-refractivity contribution in [3.05, 3.63) is 29.3 Å². The van der Waals surface area contributed by atoms with Crippen molar-refractivity contribution in [1.82, 2.24) is 0 Å². The zero-order valence-electron chi connectivity index (χ0n) is 9.61. The Bertz CT molecular complexity index is 374. The van der Waals surface area contributed by atoms with Gasteiger partial charge in [-0.15, -0.1) is 12.4 Å². The maximum absolute atomic E-state index is 13.2. The third-order valence-corrected chi connectivity index (χ3v) is 2.48. The van der Waals surface area contributed by atoms with Crippen LogP contribution in [-0.4, -0.2) is 24.7 Å². The molecule has 0 bridgehead atoms. The van der Waals surface area contributed by atoms with Crippen molar-refractivity contribution in [2.45, 2.75) is 18.9 Å². The molecule has 17 heavy (non-hydrogen) atoms. The fourth-order valence-corrected chi connectivity index (χ4v) is 1.45. The first-order valence-corrected chi connectivity index (χ1v) is 4.81. The molecular weight excluding hydrogens is 252 g/mol. The molecule has 0 aliphatic rings. The van der Waals surface area contributed by atoms with Crippen LogP contribution in [-0.2, 0) is 0 Å². The molecule has 0 amide bonds. The minimum absolute atomic E-state index is 0. The van der Waals surface area contributed by atoms with Crippen molar-refractivity contribution in [2.75, 3.05) is 13.7 Å². The highest BCUT2D eigenvalue weighted by molar-refractivity contribution is 5.85. The van der Waals surface area contributed by atoms with Crippen LogP contribution in [0.15, 0.2) is 18.2 Å². The van der Waals surface area contributed by atoms with Crippen molar-refractivity contribution in [1.29, 1.82) is 0 Å². The molecule has 3 N–H and O–H groups in total. The van der Waals surface area contributed by atoms with E-state index in [4.69, 9.17) is 15.6 Å². The number of hydrogen-bond acceptors (Lipinski definition) is 3. The molecule has 0 fully saturated rings. The number of nitrogens with two attached hydrogens (primary N) is 1. The van der Waals surface area contributed by atoms with Gasteiger partial charge in [-0.2, -0.15) is 0 Å². The van der Waals surface area contributed by atoms with Gasteiger partial charge in [0.2, 0.25) is 0 Å². The molecule has 0 unspecified atom stereocenters. The fraction of sp³-hybridized carbons (Fsp3) is 0.455. The quantitative estimate of drug-likeness (QED) is 0.878. The highest BCUT2D eigenvalue weighted by atomic mass is 35.5. The van der Waals surface area contributed by atoms with Crippen LogP contribution in [0.4, 0.5) is 8.78 Å². The molecule has 0 aliphatic heterocycles. The third-order valence-electron chi connectivity index (χ3n) is 2.48. The van der Waals surface area contributed by atoms with Gasteiger partial charge in [-0.3, -0.25) is 0 Å². The molecule has 0 spiro atoms. The number of ether oxygens (including phenoxy) is 1. The highest BCUT2D eigenvalue weighted by Crippen LogP contribution is 2.31. The molecule has 1 atom stereocenters. The Kier molecular flexibility index (Phi) is 5.81. The monoisotopic (exact) mass is 267 g/mol. The predicted molar refractivity (Wildman–Crippen MR) is 63.9 cm³/mol. The van der Waals surface area contributed by atoms with Gasteiger partial charge in [0.25, 0.3) is 5.92 Å². The van der Waals surface area contributed by atoms with Gasteiger partial charge < -0.3 is 15.6 Å². The van der Waals surface area contributed by atoms with Crippen molar-refractivity contribution in [3.63, 3.8) is 0 Å². The van der Waals surface area contributed by atoms with Gasteiger partial charge in [0.05, 0.1) is 13.2 Å². The average molecular weight is 268 g/mol. The second kappa shape index (κ2) is 6.14. The summed E-state index contributed by atoms with van der Waals surface area (Å²) in [5.41, 5.74) is 6.34. The molecule has 1 aromatic rings. The molecule has 0 saturated heterocycles. The molecule has 0 heterocycles. The van der Waals surface area contributed by atoms with Crippen LogP contribution in [0, 0.1) is 6.92 Å². The van der Waals surface area contributed by atoms with E-state index in [0.29, 0.717) is 16.9 Å². The second-order valence-corrected chi connectivity index (χ2v) is 3.62. The fourth-order valence-electron chi connectivity index (χ4n) is 1.45. The first kappa shape index (κ1) is 16.1. The van der Waals surface area contributed by atoms with Gasteiger partial charge in [0, 0.05) is 0 Å². The lowest BCUT2D eigenvalue weighted by Gasteiger charge is -2.23. The molecule has 1 rings (SSSR count). The molecule has 1 aromatic carbocycles. The molecule has 0 saturated carbocycles. The summed E-state index contributed by atoms with van der Waals surface area (Å²) in [7, 11) is 1.50. The Balaban J connectivity index is 0.00000256. The summed E-state index contributed by atoms with van der Waals surface area (Å²) in [6.45, 7) is 0.408. The van der Waals surface area contributed by atoms with Crippen LogP contribution in [0.2, 0.25) is 0 Å². The minimum atomic E-state index is -3.32. The SMILES string of the molecule is COc1ccc([C@@H](N)C(F)(F)CO)c(C)c1.Cl. The smallest absolute Gasteiger partial charge is 0.289 e. The van der Waals surface area contributed by atoms with E-state index in [9.17, 15) is 8.78 Å². The third kappa shape index (κ3) is 3.52. The number of rotatable bonds is 4. The van der Waals surface area contributed by atoms with Gasteiger partial charge in [-0.25, -0.2) is 8.78 Å². The number of benzene rings is 1. The lowest BCUT2D eigenvalue weighted by molar-refractivity contribution is -0.0713. The molecule has 3 nitrogen and oxygen atoms in total. The van der Waals surface area contributed by atoms with E-state index in [1.165, 1.54) is 13.2 Å². The topological polar surface area (TPSA) is 55.5 Å². The Hall–Kier alpha value is -0.910. The van der Waals surface area contributed by atoms with Crippen LogP contribution in [0.25, 0.3) is 0 Å². The first-order valence-electron chi connectivity index (χ1n) is 4.81. The summed E-state index contributed by atoms with van der Waals surface area (Å²) in [5.74, 6) is -2.74. The molecule has 0 radical (unpaired) electrons. The van der Waals surface area contributed by atoms with Crippen LogP contribution in [0.5, 0.6) is 5.75 Å². The van der Waals surface area contributed by atoms with E-state index in [-0.39, 0.29) is 12.4 Å². The van der Waals surface area contributed by atoms with E-state index < -0.39 is 18.6 Å². The Morgan fingerprint density at radius 2 is 2.06 bits per heavy atom. The van der Waals surface area contributed by atoms with E-state index in [1.54, 1.807) is 19.1 Å². The lowest BCUT2D eigenvalue weighted by atomic mass is 9.97. The van der Waals surface area contributed by atoms with E-state index in [0.717, 1.165) is 0 Å². The Morgan fingerprint density at radius 1 is 1.47 bits per heavy atom. The van der Waals surface area contributed by atoms with E-state index in [1.807, 2.05) is 0 Å². The van der Waals surface area contributed by atoms with Gasteiger partial charge in [0.15, 0.2) is 0 Å². The van der Waals surface area contributed by atoms with Crippen molar-refractivity contribution < 1.29 is 18.6 Å². The number of aliphatic hydroxyl groups is 1. The number of aryl methyl sites for hydroxylation is 1. The summed E-state index contributed by atoms with van der Waals surface area (Å²) >= 11 is 0. The predicted octanol–water partition coefficient (Wildman–Crippen LogP) is 2.05. The van der Waals surface area contributed by atoms with E-state index >= 15 is 0 Å². The second-order valence-electron chi connectivity index (χ2n) is 3.62. The number of aliphatic hydroxyl groups excluding tert-OH is 1. The highest BCUT2D eigenvalue weighted by Gasteiger charge is 2.37. The van der Waals surface area contributed by atoms with Gasteiger partial charge >= 0.3 is 0 Å².